The summed E-state index contributed by atoms with van der Waals surface area (Å²) in [6.07, 6.45) is 4.13. The molecule has 0 fully saturated rings. The third-order valence-corrected chi connectivity index (χ3v) is 2.68. The van der Waals surface area contributed by atoms with Crippen molar-refractivity contribution in [3.8, 4) is 5.69 Å². The van der Waals surface area contributed by atoms with E-state index in [1.165, 1.54) is 0 Å². The summed E-state index contributed by atoms with van der Waals surface area (Å²) >= 11 is 0. The molecule has 0 saturated heterocycles. The van der Waals surface area contributed by atoms with E-state index in [-0.39, 0.29) is 11.7 Å². The van der Waals surface area contributed by atoms with Crippen LogP contribution in [-0.4, -0.2) is 15.6 Å². The highest BCUT2D eigenvalue weighted by Gasteiger charge is 2.09. The minimum absolute atomic E-state index is 0.0788. The largest absolute Gasteiger partial charge is 0.299 e. The summed E-state index contributed by atoms with van der Waals surface area (Å²) in [5.74, 6) is 0.327. The summed E-state index contributed by atoms with van der Waals surface area (Å²) in [6, 6.07) is 9.88. The van der Waals surface area contributed by atoms with Crippen LogP contribution >= 0.6 is 0 Å². The number of carbonyl (C=O) groups is 1. The molecule has 3 heteroatoms. The van der Waals surface area contributed by atoms with Crippen molar-refractivity contribution in [2.75, 3.05) is 0 Å². The maximum Gasteiger partial charge on any atom is 0.139 e. The minimum atomic E-state index is 0.0788. The van der Waals surface area contributed by atoms with Gasteiger partial charge in [-0.05, 0) is 17.7 Å². The molecule has 1 aromatic heterocycles. The molecule has 0 bridgehead atoms. The van der Waals surface area contributed by atoms with E-state index in [1.807, 2.05) is 50.4 Å². The molecule has 0 amide bonds. The molecule has 17 heavy (non-hydrogen) atoms. The van der Waals surface area contributed by atoms with Crippen molar-refractivity contribution in [3.05, 3.63) is 48.3 Å². The Morgan fingerprint density at radius 1 is 1.29 bits per heavy atom. The van der Waals surface area contributed by atoms with Crippen LogP contribution in [0.3, 0.4) is 0 Å². The lowest BCUT2D eigenvalue weighted by Gasteiger charge is -2.01. The van der Waals surface area contributed by atoms with Gasteiger partial charge in [0, 0.05) is 18.5 Å². The number of benzene rings is 1. The summed E-state index contributed by atoms with van der Waals surface area (Å²) in [7, 11) is 0. The zero-order valence-corrected chi connectivity index (χ0v) is 10.1. The molecule has 0 spiro atoms. The highest BCUT2D eigenvalue weighted by atomic mass is 16.1. The predicted molar refractivity (Wildman–Crippen MR) is 67.1 cm³/mol. The van der Waals surface area contributed by atoms with Crippen LogP contribution in [-0.2, 0) is 11.2 Å². The van der Waals surface area contributed by atoms with Crippen molar-refractivity contribution in [1.82, 2.24) is 9.78 Å². The van der Waals surface area contributed by atoms with E-state index >= 15 is 0 Å². The van der Waals surface area contributed by atoms with Gasteiger partial charge in [0.05, 0.1) is 11.9 Å². The summed E-state index contributed by atoms with van der Waals surface area (Å²) in [6.45, 7) is 3.84. The molecule has 0 aliphatic heterocycles. The van der Waals surface area contributed by atoms with Crippen LogP contribution in [0.25, 0.3) is 5.69 Å². The first-order valence-electron chi connectivity index (χ1n) is 5.78. The second kappa shape index (κ2) is 4.95. The molecule has 0 unspecified atom stereocenters. The SMILES string of the molecule is CC(C)C(=O)Cc1cnn(-c2ccccc2)c1. The molecule has 0 saturated carbocycles. The van der Waals surface area contributed by atoms with Gasteiger partial charge >= 0.3 is 0 Å². The minimum Gasteiger partial charge on any atom is -0.299 e. The van der Waals surface area contributed by atoms with Gasteiger partial charge in [-0.3, -0.25) is 4.79 Å². The summed E-state index contributed by atoms with van der Waals surface area (Å²) < 4.78 is 1.79. The van der Waals surface area contributed by atoms with Gasteiger partial charge in [0.15, 0.2) is 0 Å². The first-order valence-corrected chi connectivity index (χ1v) is 5.78. The normalized spacial score (nSPS) is 10.8. The maximum absolute atomic E-state index is 11.6. The Bertz CT molecular complexity index is 500. The Morgan fingerprint density at radius 2 is 2.00 bits per heavy atom. The summed E-state index contributed by atoms with van der Waals surface area (Å²) in [5.41, 5.74) is 1.98. The van der Waals surface area contributed by atoms with Gasteiger partial charge in [-0.25, -0.2) is 4.68 Å². The zero-order chi connectivity index (χ0) is 12.3. The molecule has 2 aromatic rings. The smallest absolute Gasteiger partial charge is 0.139 e. The van der Waals surface area contributed by atoms with Gasteiger partial charge in [0.2, 0.25) is 0 Å². The molecule has 0 aliphatic carbocycles. The van der Waals surface area contributed by atoms with Gasteiger partial charge in [-0.2, -0.15) is 5.10 Å². The number of Topliss-reactive ketones (excluding diaryl/α,β-unsaturated/α-hetero) is 1. The molecule has 0 aliphatic rings. The third-order valence-electron chi connectivity index (χ3n) is 2.68. The first-order chi connectivity index (χ1) is 8.16. The number of nitrogens with zero attached hydrogens (tertiary/aromatic N) is 2. The van der Waals surface area contributed by atoms with E-state index in [0.717, 1.165) is 11.3 Å². The Labute approximate surface area is 101 Å². The van der Waals surface area contributed by atoms with E-state index in [2.05, 4.69) is 5.10 Å². The number of para-hydroxylation sites is 1. The fourth-order valence-electron chi connectivity index (χ4n) is 1.58. The van der Waals surface area contributed by atoms with Crippen LogP contribution in [0.2, 0.25) is 0 Å². The summed E-state index contributed by atoms with van der Waals surface area (Å²) in [5, 5.41) is 4.26. The van der Waals surface area contributed by atoms with Gasteiger partial charge in [0.1, 0.15) is 5.78 Å². The number of aromatic nitrogens is 2. The molecule has 1 aromatic carbocycles. The highest BCUT2D eigenvalue weighted by molar-refractivity contribution is 5.82. The number of hydrogen-bond donors (Lipinski definition) is 0. The van der Waals surface area contributed by atoms with Crippen molar-refractivity contribution >= 4 is 5.78 Å². The van der Waals surface area contributed by atoms with Gasteiger partial charge in [0.25, 0.3) is 0 Å². The Hall–Kier alpha value is -1.90. The van der Waals surface area contributed by atoms with Crippen molar-refractivity contribution < 1.29 is 4.79 Å². The van der Waals surface area contributed by atoms with Crippen molar-refractivity contribution in [3.63, 3.8) is 0 Å². The maximum atomic E-state index is 11.6. The van der Waals surface area contributed by atoms with E-state index < -0.39 is 0 Å². The van der Waals surface area contributed by atoms with Crippen LogP contribution in [0.4, 0.5) is 0 Å². The lowest BCUT2D eigenvalue weighted by molar-refractivity contribution is -0.121. The van der Waals surface area contributed by atoms with Crippen LogP contribution in [0.5, 0.6) is 0 Å². The van der Waals surface area contributed by atoms with E-state index in [0.29, 0.717) is 6.42 Å². The topological polar surface area (TPSA) is 34.9 Å². The quantitative estimate of drug-likeness (QED) is 0.806. The second-order valence-electron chi connectivity index (χ2n) is 4.43. The molecule has 88 valence electrons. The highest BCUT2D eigenvalue weighted by Crippen LogP contribution is 2.09. The van der Waals surface area contributed by atoms with Crippen LogP contribution in [0.15, 0.2) is 42.7 Å². The number of rotatable bonds is 4. The van der Waals surface area contributed by atoms with Crippen LogP contribution < -0.4 is 0 Å². The molecule has 0 radical (unpaired) electrons. The Kier molecular flexibility index (Phi) is 3.38. The van der Waals surface area contributed by atoms with Crippen molar-refractivity contribution in [2.24, 2.45) is 5.92 Å². The molecule has 0 atom stereocenters. The molecule has 3 nitrogen and oxygen atoms in total. The molecular weight excluding hydrogens is 212 g/mol. The van der Waals surface area contributed by atoms with E-state index in [1.54, 1.807) is 10.9 Å². The lowest BCUT2D eigenvalue weighted by Crippen LogP contribution is -2.09. The van der Waals surface area contributed by atoms with Gasteiger partial charge in [-0.15, -0.1) is 0 Å². The Morgan fingerprint density at radius 3 is 2.65 bits per heavy atom. The fraction of sp³-hybridized carbons (Fsp3) is 0.286. The molecular formula is C14H16N2O. The lowest BCUT2D eigenvalue weighted by atomic mass is 10.0. The summed E-state index contributed by atoms with van der Waals surface area (Å²) in [4.78, 5) is 11.6. The molecule has 0 N–H and O–H groups in total. The van der Waals surface area contributed by atoms with E-state index in [9.17, 15) is 4.79 Å². The van der Waals surface area contributed by atoms with E-state index in [4.69, 9.17) is 0 Å². The van der Waals surface area contributed by atoms with Gasteiger partial charge in [-0.1, -0.05) is 32.0 Å². The first kappa shape index (κ1) is 11.6. The monoisotopic (exact) mass is 228 g/mol. The third kappa shape index (κ3) is 2.81. The van der Waals surface area contributed by atoms with Gasteiger partial charge < -0.3 is 0 Å². The molecule has 2 rings (SSSR count). The van der Waals surface area contributed by atoms with Crippen molar-refractivity contribution in [2.45, 2.75) is 20.3 Å². The number of carbonyl (C=O) groups excluding carboxylic acids is 1. The molecule has 1 heterocycles. The fourth-order valence-corrected chi connectivity index (χ4v) is 1.58. The Balaban J connectivity index is 2.14. The average Bonchev–Trinajstić information content (AvgIpc) is 2.78. The van der Waals surface area contributed by atoms with Crippen molar-refractivity contribution in [1.29, 1.82) is 0 Å². The van der Waals surface area contributed by atoms with Crippen LogP contribution in [0.1, 0.15) is 19.4 Å². The standard InChI is InChI=1S/C14H16N2O/c1-11(2)14(17)8-12-9-15-16(10-12)13-6-4-3-5-7-13/h3-7,9-11H,8H2,1-2H3. The number of ketones is 1. The number of hydrogen-bond acceptors (Lipinski definition) is 2. The second-order valence-corrected chi connectivity index (χ2v) is 4.43. The van der Waals surface area contributed by atoms with Crippen LogP contribution in [0, 0.1) is 5.92 Å². The zero-order valence-electron chi connectivity index (χ0n) is 10.1. The average molecular weight is 228 g/mol. The predicted octanol–water partition coefficient (Wildman–Crippen LogP) is 2.64.